The van der Waals surface area contributed by atoms with Gasteiger partial charge >= 0.3 is 7.60 Å². The van der Waals surface area contributed by atoms with Gasteiger partial charge in [0.1, 0.15) is 4.57 Å². The highest BCUT2D eigenvalue weighted by Crippen LogP contribution is 2.46. The molecule has 1 aromatic carbocycles. The van der Waals surface area contributed by atoms with Crippen molar-refractivity contribution < 1.29 is 14.4 Å². The fourth-order valence-corrected chi connectivity index (χ4v) is 1.75. The van der Waals surface area contributed by atoms with Crippen molar-refractivity contribution in [2.24, 2.45) is 0 Å². The number of alkyl halides is 1. The molecular formula is C8H10BrO3P. The highest BCUT2D eigenvalue weighted by atomic mass is 79.9. The quantitative estimate of drug-likeness (QED) is 0.650. The molecular weight excluding hydrogens is 255 g/mol. The van der Waals surface area contributed by atoms with E-state index in [1.54, 1.807) is 0 Å². The molecule has 0 aromatic heterocycles. The zero-order valence-corrected chi connectivity index (χ0v) is 9.28. The maximum atomic E-state index is 10.8. The molecule has 72 valence electrons. The van der Waals surface area contributed by atoms with Gasteiger partial charge in [-0.3, -0.25) is 4.57 Å². The molecule has 0 saturated carbocycles. The molecule has 1 atom stereocenters. The van der Waals surface area contributed by atoms with Crippen molar-refractivity contribution >= 4 is 23.5 Å². The van der Waals surface area contributed by atoms with Gasteiger partial charge < -0.3 is 9.79 Å². The first kappa shape index (κ1) is 10.9. The van der Waals surface area contributed by atoms with Crippen LogP contribution in [0.15, 0.2) is 30.3 Å². The van der Waals surface area contributed by atoms with Crippen LogP contribution in [0, 0.1) is 0 Å². The van der Waals surface area contributed by atoms with Gasteiger partial charge in [-0.2, -0.15) is 0 Å². The molecule has 0 radical (unpaired) electrons. The lowest BCUT2D eigenvalue weighted by Gasteiger charge is -2.10. The Morgan fingerprint density at radius 3 is 2.31 bits per heavy atom. The first-order valence-corrected chi connectivity index (χ1v) is 6.33. The van der Waals surface area contributed by atoms with Crippen molar-refractivity contribution in [1.82, 2.24) is 0 Å². The first-order chi connectivity index (χ1) is 6.00. The Bertz CT molecular complexity index is 308. The second kappa shape index (κ2) is 4.38. The minimum atomic E-state index is -4.01. The van der Waals surface area contributed by atoms with Crippen molar-refractivity contribution in [3.63, 3.8) is 0 Å². The van der Waals surface area contributed by atoms with E-state index in [9.17, 15) is 4.57 Å². The summed E-state index contributed by atoms with van der Waals surface area (Å²) in [6.07, 6.45) is 0.338. The van der Waals surface area contributed by atoms with E-state index in [0.29, 0.717) is 6.42 Å². The molecule has 0 aliphatic carbocycles. The summed E-state index contributed by atoms with van der Waals surface area (Å²) in [5, 5.41) is 0. The Labute approximate surface area is 85.1 Å². The van der Waals surface area contributed by atoms with E-state index in [-0.39, 0.29) is 0 Å². The summed E-state index contributed by atoms with van der Waals surface area (Å²) in [7, 11) is -4.01. The second-order valence-electron chi connectivity index (χ2n) is 2.71. The molecule has 1 unspecified atom stereocenters. The van der Waals surface area contributed by atoms with E-state index >= 15 is 0 Å². The van der Waals surface area contributed by atoms with Gasteiger partial charge in [-0.25, -0.2) is 0 Å². The van der Waals surface area contributed by atoms with E-state index in [1.165, 1.54) is 0 Å². The molecule has 0 aliphatic rings. The fourth-order valence-electron chi connectivity index (χ4n) is 0.928. The maximum absolute atomic E-state index is 10.8. The standard InChI is InChI=1S/C8H10BrO3P/c9-8(13(10,11)12)6-7-4-2-1-3-5-7/h1-5,8H,6H2,(H2,10,11,12). The van der Waals surface area contributed by atoms with Crippen LogP contribution in [0.3, 0.4) is 0 Å². The summed E-state index contributed by atoms with van der Waals surface area (Å²) < 4.78 is 9.99. The van der Waals surface area contributed by atoms with Crippen LogP contribution < -0.4 is 0 Å². The highest BCUT2D eigenvalue weighted by molar-refractivity contribution is 9.10. The van der Waals surface area contributed by atoms with E-state index in [1.807, 2.05) is 30.3 Å². The molecule has 0 heterocycles. The summed E-state index contributed by atoms with van der Waals surface area (Å²) >= 11 is 2.97. The molecule has 1 aromatic rings. The third-order valence-corrected chi connectivity index (χ3v) is 4.45. The third-order valence-electron chi connectivity index (χ3n) is 1.61. The molecule has 5 heteroatoms. The zero-order chi connectivity index (χ0) is 9.90. The van der Waals surface area contributed by atoms with Crippen molar-refractivity contribution in [3.05, 3.63) is 35.9 Å². The second-order valence-corrected chi connectivity index (χ2v) is 6.33. The Kier molecular flexibility index (Phi) is 3.68. The van der Waals surface area contributed by atoms with Crippen LogP contribution >= 0.6 is 23.5 Å². The van der Waals surface area contributed by atoms with Crippen LogP contribution in [0.2, 0.25) is 0 Å². The molecule has 0 spiro atoms. The van der Waals surface area contributed by atoms with Crippen molar-refractivity contribution in [1.29, 1.82) is 0 Å². The minimum Gasteiger partial charge on any atom is -0.324 e. The van der Waals surface area contributed by atoms with Crippen molar-refractivity contribution in [3.8, 4) is 0 Å². The van der Waals surface area contributed by atoms with E-state index < -0.39 is 12.2 Å². The molecule has 13 heavy (non-hydrogen) atoms. The van der Waals surface area contributed by atoms with Crippen LogP contribution in [0.4, 0.5) is 0 Å². The van der Waals surface area contributed by atoms with Gasteiger partial charge in [-0.1, -0.05) is 46.3 Å². The van der Waals surface area contributed by atoms with E-state index in [0.717, 1.165) is 5.56 Å². The van der Waals surface area contributed by atoms with Gasteiger partial charge in [-0.15, -0.1) is 0 Å². The van der Waals surface area contributed by atoms with Crippen molar-refractivity contribution in [2.45, 2.75) is 11.0 Å². The van der Waals surface area contributed by atoms with Gasteiger partial charge in [0.2, 0.25) is 0 Å². The normalized spacial score (nSPS) is 14.1. The van der Waals surface area contributed by atoms with Crippen LogP contribution in [0.5, 0.6) is 0 Å². The SMILES string of the molecule is O=P(O)(O)C(Br)Cc1ccccc1. The summed E-state index contributed by atoms with van der Waals surface area (Å²) in [5.41, 5.74) is 0.910. The molecule has 3 nitrogen and oxygen atoms in total. The summed E-state index contributed by atoms with van der Waals surface area (Å²) in [6.45, 7) is 0. The molecule has 0 saturated heterocycles. The van der Waals surface area contributed by atoms with Crippen LogP contribution in [-0.4, -0.2) is 14.4 Å². The number of benzene rings is 1. The van der Waals surface area contributed by atoms with Crippen molar-refractivity contribution in [2.75, 3.05) is 0 Å². The fraction of sp³-hybridized carbons (Fsp3) is 0.250. The highest BCUT2D eigenvalue weighted by Gasteiger charge is 2.25. The average molecular weight is 265 g/mol. The van der Waals surface area contributed by atoms with E-state index in [4.69, 9.17) is 9.79 Å². The number of hydrogen-bond acceptors (Lipinski definition) is 1. The Hall–Kier alpha value is -0.150. The smallest absolute Gasteiger partial charge is 0.324 e. The van der Waals surface area contributed by atoms with Crippen LogP contribution in [0.25, 0.3) is 0 Å². The molecule has 0 fully saturated rings. The van der Waals surface area contributed by atoms with E-state index in [2.05, 4.69) is 15.9 Å². The molecule has 0 bridgehead atoms. The third kappa shape index (κ3) is 3.61. The van der Waals surface area contributed by atoms with Gasteiger partial charge in [-0.05, 0) is 12.0 Å². The Morgan fingerprint density at radius 1 is 1.31 bits per heavy atom. The molecule has 0 amide bonds. The number of rotatable bonds is 3. The van der Waals surface area contributed by atoms with Gasteiger partial charge in [0.15, 0.2) is 0 Å². The zero-order valence-electron chi connectivity index (χ0n) is 6.80. The lowest BCUT2D eigenvalue weighted by Crippen LogP contribution is -2.02. The summed E-state index contributed by atoms with van der Waals surface area (Å²) in [5.74, 6) is 0. The molecule has 1 rings (SSSR count). The number of halogens is 1. The lowest BCUT2D eigenvalue weighted by molar-refractivity contribution is 0.370. The predicted octanol–water partition coefficient (Wildman–Crippen LogP) is 2.13. The number of hydrogen-bond donors (Lipinski definition) is 2. The van der Waals surface area contributed by atoms with Crippen LogP contribution in [-0.2, 0) is 11.0 Å². The largest absolute Gasteiger partial charge is 0.339 e. The lowest BCUT2D eigenvalue weighted by atomic mass is 10.2. The monoisotopic (exact) mass is 264 g/mol. The summed E-state index contributed by atoms with van der Waals surface area (Å²) in [6, 6.07) is 9.22. The van der Waals surface area contributed by atoms with Crippen LogP contribution in [0.1, 0.15) is 5.56 Å². The Morgan fingerprint density at radius 2 is 1.85 bits per heavy atom. The van der Waals surface area contributed by atoms with Gasteiger partial charge in [0.05, 0.1) is 0 Å². The first-order valence-electron chi connectivity index (χ1n) is 3.73. The predicted molar refractivity (Wildman–Crippen MR) is 54.9 cm³/mol. The topological polar surface area (TPSA) is 57.5 Å². The minimum absolute atomic E-state index is 0.338. The van der Waals surface area contributed by atoms with Gasteiger partial charge in [0.25, 0.3) is 0 Å². The molecule has 0 aliphatic heterocycles. The molecule has 2 N–H and O–H groups in total. The maximum Gasteiger partial charge on any atom is 0.339 e. The Balaban J connectivity index is 2.66. The summed E-state index contributed by atoms with van der Waals surface area (Å²) in [4.78, 5) is 17.6. The van der Waals surface area contributed by atoms with Gasteiger partial charge in [0, 0.05) is 0 Å². The average Bonchev–Trinajstić information content (AvgIpc) is 2.04.